The van der Waals surface area contributed by atoms with Crippen molar-refractivity contribution in [2.45, 2.75) is 89.5 Å². The SMILES string of the molecule is O=C(O)CCCC=CCC1CCCC1NS(=O)(=O)CCC1CCCCC1. The largest absolute Gasteiger partial charge is 0.481 e. The lowest BCUT2D eigenvalue weighted by molar-refractivity contribution is -0.137. The van der Waals surface area contributed by atoms with E-state index >= 15 is 0 Å². The number of rotatable bonds is 11. The molecule has 150 valence electrons. The van der Waals surface area contributed by atoms with Gasteiger partial charge in [0.1, 0.15) is 0 Å². The second-order valence-electron chi connectivity index (χ2n) is 8.02. The summed E-state index contributed by atoms with van der Waals surface area (Å²) in [7, 11) is -3.19. The van der Waals surface area contributed by atoms with Crippen molar-refractivity contribution in [2.24, 2.45) is 11.8 Å². The lowest BCUT2D eigenvalue weighted by Crippen LogP contribution is -2.39. The fraction of sp³-hybridized carbons (Fsp3) is 0.850. The monoisotopic (exact) mass is 385 g/mol. The number of carboxylic acid groups (broad SMARTS) is 1. The fourth-order valence-corrected chi connectivity index (χ4v) is 5.85. The summed E-state index contributed by atoms with van der Waals surface area (Å²) in [6.45, 7) is 0. The first-order valence-electron chi connectivity index (χ1n) is 10.3. The molecule has 2 unspecified atom stereocenters. The second kappa shape index (κ2) is 11.1. The van der Waals surface area contributed by atoms with E-state index in [1.807, 2.05) is 6.08 Å². The Hall–Kier alpha value is -0.880. The molecule has 0 aliphatic heterocycles. The van der Waals surface area contributed by atoms with Crippen molar-refractivity contribution in [3.63, 3.8) is 0 Å². The van der Waals surface area contributed by atoms with Crippen molar-refractivity contribution in [1.82, 2.24) is 4.72 Å². The molecule has 0 heterocycles. The van der Waals surface area contributed by atoms with Crippen LogP contribution in [0.15, 0.2) is 12.2 Å². The third kappa shape index (κ3) is 8.21. The average Bonchev–Trinajstić information content (AvgIpc) is 3.03. The van der Waals surface area contributed by atoms with Gasteiger partial charge >= 0.3 is 5.97 Å². The van der Waals surface area contributed by atoms with Crippen LogP contribution in [0.5, 0.6) is 0 Å². The third-order valence-corrected chi connectivity index (χ3v) is 7.31. The van der Waals surface area contributed by atoms with E-state index in [4.69, 9.17) is 5.11 Å². The molecular formula is C20H35NO4S. The zero-order valence-electron chi connectivity index (χ0n) is 15.9. The number of aliphatic carboxylic acids is 1. The predicted octanol–water partition coefficient (Wildman–Crippen LogP) is 4.25. The Kier molecular flexibility index (Phi) is 9.12. The van der Waals surface area contributed by atoms with Crippen molar-refractivity contribution >= 4 is 16.0 Å². The first-order chi connectivity index (χ1) is 12.5. The fourth-order valence-electron chi connectivity index (χ4n) is 4.32. The lowest BCUT2D eigenvalue weighted by Gasteiger charge is -2.23. The summed E-state index contributed by atoms with van der Waals surface area (Å²) in [5.41, 5.74) is 0. The van der Waals surface area contributed by atoms with Crippen molar-refractivity contribution in [1.29, 1.82) is 0 Å². The van der Waals surface area contributed by atoms with Crippen LogP contribution in [0.25, 0.3) is 0 Å². The quantitative estimate of drug-likeness (QED) is 0.411. The van der Waals surface area contributed by atoms with Gasteiger partial charge in [-0.2, -0.15) is 0 Å². The Morgan fingerprint density at radius 2 is 1.81 bits per heavy atom. The van der Waals surface area contributed by atoms with Crippen molar-refractivity contribution in [3.05, 3.63) is 12.2 Å². The molecular weight excluding hydrogens is 350 g/mol. The Labute approximate surface area is 158 Å². The molecule has 0 aromatic rings. The van der Waals surface area contributed by atoms with Gasteiger partial charge in [-0.05, 0) is 50.4 Å². The Morgan fingerprint density at radius 1 is 1.04 bits per heavy atom. The van der Waals surface area contributed by atoms with E-state index in [-0.39, 0.29) is 18.2 Å². The van der Waals surface area contributed by atoms with E-state index in [9.17, 15) is 13.2 Å². The molecule has 2 aliphatic rings. The van der Waals surface area contributed by atoms with Crippen LogP contribution >= 0.6 is 0 Å². The number of hydrogen-bond acceptors (Lipinski definition) is 3. The van der Waals surface area contributed by atoms with Gasteiger partial charge in [-0.3, -0.25) is 4.79 Å². The number of nitrogens with one attached hydrogen (secondary N) is 1. The molecule has 2 aliphatic carbocycles. The molecule has 2 fully saturated rings. The molecule has 2 N–H and O–H groups in total. The predicted molar refractivity (Wildman–Crippen MR) is 104 cm³/mol. The molecule has 2 saturated carbocycles. The highest BCUT2D eigenvalue weighted by atomic mass is 32.2. The Bertz CT molecular complexity index is 552. The van der Waals surface area contributed by atoms with Gasteiger partial charge in [-0.25, -0.2) is 13.1 Å². The lowest BCUT2D eigenvalue weighted by atomic mass is 9.88. The standard InChI is InChI=1S/C20H35NO4S/c22-20(23)14-7-2-1-6-11-18-12-8-13-19(18)21-26(24,25)16-15-17-9-4-3-5-10-17/h1,6,17-19,21H,2-5,7-16H2,(H,22,23). The molecule has 2 rings (SSSR count). The average molecular weight is 386 g/mol. The van der Waals surface area contributed by atoms with E-state index in [0.717, 1.165) is 38.5 Å². The van der Waals surface area contributed by atoms with Gasteiger partial charge in [0.25, 0.3) is 0 Å². The molecule has 0 radical (unpaired) electrons. The van der Waals surface area contributed by atoms with E-state index < -0.39 is 16.0 Å². The summed E-state index contributed by atoms with van der Waals surface area (Å²) >= 11 is 0. The van der Waals surface area contributed by atoms with Gasteiger partial charge in [-0.1, -0.05) is 50.7 Å². The molecule has 0 bridgehead atoms. The number of allylic oxidation sites excluding steroid dienone is 2. The number of sulfonamides is 1. The van der Waals surface area contributed by atoms with Crippen LogP contribution in [-0.2, 0) is 14.8 Å². The number of carboxylic acids is 1. The normalized spacial score (nSPS) is 25.1. The van der Waals surface area contributed by atoms with Crippen LogP contribution in [0.3, 0.4) is 0 Å². The van der Waals surface area contributed by atoms with Crippen LogP contribution in [0.1, 0.15) is 83.5 Å². The number of unbranched alkanes of at least 4 members (excludes halogenated alkanes) is 1. The zero-order valence-corrected chi connectivity index (χ0v) is 16.7. The van der Waals surface area contributed by atoms with E-state index in [1.54, 1.807) is 0 Å². The van der Waals surface area contributed by atoms with Gasteiger partial charge in [0.15, 0.2) is 0 Å². The third-order valence-electron chi connectivity index (χ3n) is 5.88. The number of carbonyl (C=O) groups is 1. The minimum absolute atomic E-state index is 0.0648. The van der Waals surface area contributed by atoms with E-state index in [1.165, 1.54) is 32.1 Å². The highest BCUT2D eigenvalue weighted by molar-refractivity contribution is 7.89. The van der Waals surface area contributed by atoms with E-state index in [2.05, 4.69) is 10.8 Å². The topological polar surface area (TPSA) is 83.5 Å². The first kappa shape index (κ1) is 21.4. The Balaban J connectivity index is 1.70. The molecule has 0 aromatic carbocycles. The molecule has 0 spiro atoms. The maximum atomic E-state index is 12.5. The molecule has 26 heavy (non-hydrogen) atoms. The molecule has 0 aromatic heterocycles. The highest BCUT2D eigenvalue weighted by Crippen LogP contribution is 2.30. The Morgan fingerprint density at radius 3 is 2.54 bits per heavy atom. The van der Waals surface area contributed by atoms with Crippen molar-refractivity contribution < 1.29 is 18.3 Å². The van der Waals surface area contributed by atoms with Crippen molar-refractivity contribution in [2.75, 3.05) is 5.75 Å². The highest BCUT2D eigenvalue weighted by Gasteiger charge is 2.30. The van der Waals surface area contributed by atoms with Crippen LogP contribution in [-0.4, -0.2) is 31.3 Å². The smallest absolute Gasteiger partial charge is 0.303 e. The molecule has 0 saturated heterocycles. The summed E-state index contributed by atoms with van der Waals surface area (Å²) in [6.07, 6.45) is 16.7. The summed E-state index contributed by atoms with van der Waals surface area (Å²) < 4.78 is 27.9. The van der Waals surface area contributed by atoms with Crippen LogP contribution in [0, 0.1) is 11.8 Å². The summed E-state index contributed by atoms with van der Waals surface area (Å²) in [5.74, 6) is 0.479. The van der Waals surface area contributed by atoms with Gasteiger partial charge in [0.05, 0.1) is 5.75 Å². The van der Waals surface area contributed by atoms with E-state index in [0.29, 0.717) is 18.3 Å². The molecule has 6 heteroatoms. The molecule has 5 nitrogen and oxygen atoms in total. The minimum Gasteiger partial charge on any atom is -0.481 e. The van der Waals surface area contributed by atoms with Crippen molar-refractivity contribution in [3.8, 4) is 0 Å². The summed E-state index contributed by atoms with van der Waals surface area (Å²) in [4.78, 5) is 10.5. The van der Waals surface area contributed by atoms with Gasteiger partial charge in [0.2, 0.25) is 10.0 Å². The minimum atomic E-state index is -3.19. The second-order valence-corrected chi connectivity index (χ2v) is 9.89. The molecule has 2 atom stereocenters. The maximum Gasteiger partial charge on any atom is 0.303 e. The van der Waals surface area contributed by atoms with Crippen LogP contribution < -0.4 is 4.72 Å². The van der Waals surface area contributed by atoms with Gasteiger partial charge in [-0.15, -0.1) is 0 Å². The van der Waals surface area contributed by atoms with Gasteiger partial charge < -0.3 is 5.11 Å². The zero-order chi connectivity index (χ0) is 18.8. The maximum absolute atomic E-state index is 12.5. The summed E-state index contributed by atoms with van der Waals surface area (Å²) in [6, 6.07) is 0.0648. The van der Waals surface area contributed by atoms with Gasteiger partial charge in [0, 0.05) is 12.5 Å². The summed E-state index contributed by atoms with van der Waals surface area (Å²) in [5, 5.41) is 8.62. The number of hydrogen-bond donors (Lipinski definition) is 2. The van der Waals surface area contributed by atoms with Crippen LogP contribution in [0.4, 0.5) is 0 Å². The first-order valence-corrected chi connectivity index (χ1v) is 12.0. The van der Waals surface area contributed by atoms with Crippen LogP contribution in [0.2, 0.25) is 0 Å². The molecule has 0 amide bonds.